The van der Waals surface area contributed by atoms with Gasteiger partial charge in [-0.25, -0.2) is 22.5 Å². The molecule has 4 rings (SSSR count). The van der Waals surface area contributed by atoms with Gasteiger partial charge in [0.25, 0.3) is 5.91 Å². The van der Waals surface area contributed by atoms with Crippen molar-refractivity contribution in [3.63, 3.8) is 0 Å². The Hall–Kier alpha value is -3.59. The van der Waals surface area contributed by atoms with Gasteiger partial charge in [-0.1, -0.05) is 30.3 Å². The molecule has 0 fully saturated rings. The summed E-state index contributed by atoms with van der Waals surface area (Å²) in [5.74, 6) is -1.34. The van der Waals surface area contributed by atoms with Gasteiger partial charge in [0.1, 0.15) is 5.82 Å². The summed E-state index contributed by atoms with van der Waals surface area (Å²) >= 11 is 0. The number of rotatable bonds is 5. The van der Waals surface area contributed by atoms with E-state index in [1.807, 2.05) is 30.3 Å². The Bertz CT molecular complexity index is 1350. The number of aromatic nitrogens is 3. The molecule has 2 aromatic carbocycles. The second-order valence-electron chi connectivity index (χ2n) is 6.79. The summed E-state index contributed by atoms with van der Waals surface area (Å²) in [6, 6.07) is 14.6. The van der Waals surface area contributed by atoms with E-state index in [0.717, 1.165) is 30.0 Å². The van der Waals surface area contributed by atoms with E-state index in [4.69, 9.17) is 0 Å². The van der Waals surface area contributed by atoms with Gasteiger partial charge in [0.15, 0.2) is 15.5 Å². The molecule has 2 aromatic heterocycles. The van der Waals surface area contributed by atoms with Crippen molar-refractivity contribution in [2.75, 3.05) is 11.6 Å². The van der Waals surface area contributed by atoms with E-state index < -0.39 is 21.6 Å². The lowest BCUT2D eigenvalue weighted by Gasteiger charge is -2.08. The summed E-state index contributed by atoms with van der Waals surface area (Å²) in [5, 5.41) is 7.38. The van der Waals surface area contributed by atoms with E-state index in [0.29, 0.717) is 17.6 Å². The maximum Gasteiger partial charge on any atom is 0.257 e. The third-order valence-corrected chi connectivity index (χ3v) is 5.64. The molecule has 4 aromatic rings. The standard InChI is InChI=1S/C21H17FN4O3S/c1-30(28,29)17-7-8-18(22)19(10-17)25-21(27)16-9-15-12-24-26(20(15)23-11-16)13-14-5-3-2-4-6-14/h2-12H,13H2,1H3,(H,25,27). The first kappa shape index (κ1) is 19.7. The fourth-order valence-corrected chi connectivity index (χ4v) is 3.64. The number of hydrogen-bond donors (Lipinski definition) is 1. The molecular formula is C21H17FN4O3S. The highest BCUT2D eigenvalue weighted by atomic mass is 32.2. The lowest BCUT2D eigenvalue weighted by molar-refractivity contribution is 0.102. The molecule has 0 unspecified atom stereocenters. The molecular weight excluding hydrogens is 407 g/mol. The molecule has 30 heavy (non-hydrogen) atoms. The van der Waals surface area contributed by atoms with Gasteiger partial charge in [-0.05, 0) is 29.8 Å². The quantitative estimate of drug-likeness (QED) is 0.496. The van der Waals surface area contributed by atoms with Crippen LogP contribution < -0.4 is 5.32 Å². The Morgan fingerprint density at radius 3 is 2.60 bits per heavy atom. The van der Waals surface area contributed by atoms with Crippen molar-refractivity contribution in [3.05, 3.63) is 83.9 Å². The number of hydrogen-bond acceptors (Lipinski definition) is 5. The van der Waals surface area contributed by atoms with Gasteiger partial charge in [-0.15, -0.1) is 0 Å². The van der Waals surface area contributed by atoms with Crippen LogP contribution in [0, 0.1) is 5.82 Å². The second-order valence-corrected chi connectivity index (χ2v) is 8.81. The van der Waals surface area contributed by atoms with Crippen LogP contribution in [0.3, 0.4) is 0 Å². The summed E-state index contributed by atoms with van der Waals surface area (Å²) in [5.41, 5.74) is 1.65. The zero-order valence-electron chi connectivity index (χ0n) is 15.9. The minimum Gasteiger partial charge on any atom is -0.319 e. The molecule has 0 aliphatic rings. The van der Waals surface area contributed by atoms with Gasteiger partial charge in [-0.3, -0.25) is 4.79 Å². The van der Waals surface area contributed by atoms with E-state index in [1.54, 1.807) is 16.9 Å². The molecule has 1 N–H and O–H groups in total. The number of carbonyl (C=O) groups excluding carboxylic acids is 1. The zero-order chi connectivity index (χ0) is 21.3. The summed E-state index contributed by atoms with van der Waals surface area (Å²) in [6.45, 7) is 0.534. The fourth-order valence-electron chi connectivity index (χ4n) is 2.99. The van der Waals surface area contributed by atoms with Crippen LogP contribution in [0.15, 0.2) is 71.9 Å². The molecule has 0 atom stereocenters. The van der Waals surface area contributed by atoms with E-state index in [9.17, 15) is 17.6 Å². The van der Waals surface area contributed by atoms with Crippen molar-refractivity contribution in [2.24, 2.45) is 0 Å². The first-order valence-corrected chi connectivity index (χ1v) is 10.9. The smallest absolute Gasteiger partial charge is 0.257 e. The number of nitrogens with zero attached hydrogens (tertiary/aromatic N) is 3. The van der Waals surface area contributed by atoms with Gasteiger partial charge >= 0.3 is 0 Å². The molecule has 0 saturated heterocycles. The van der Waals surface area contributed by atoms with Crippen molar-refractivity contribution in [1.29, 1.82) is 0 Å². The second kappa shape index (κ2) is 7.68. The maximum atomic E-state index is 14.1. The first-order valence-electron chi connectivity index (χ1n) is 8.98. The molecule has 9 heteroatoms. The number of amides is 1. The number of pyridine rings is 1. The predicted octanol–water partition coefficient (Wildman–Crippen LogP) is 3.27. The van der Waals surface area contributed by atoms with Crippen molar-refractivity contribution in [1.82, 2.24) is 14.8 Å². The predicted molar refractivity (Wildman–Crippen MR) is 111 cm³/mol. The summed E-state index contributed by atoms with van der Waals surface area (Å²) in [4.78, 5) is 16.8. The molecule has 2 heterocycles. The van der Waals surface area contributed by atoms with Gasteiger partial charge in [0, 0.05) is 17.8 Å². The summed E-state index contributed by atoms with van der Waals surface area (Å²) in [7, 11) is -3.54. The van der Waals surface area contributed by atoms with E-state index in [-0.39, 0.29) is 16.1 Å². The van der Waals surface area contributed by atoms with Crippen molar-refractivity contribution >= 4 is 32.5 Å². The Labute approximate surface area is 172 Å². The van der Waals surface area contributed by atoms with Crippen LogP contribution in [0.1, 0.15) is 15.9 Å². The van der Waals surface area contributed by atoms with Crippen molar-refractivity contribution in [2.45, 2.75) is 11.4 Å². The van der Waals surface area contributed by atoms with Gasteiger partial charge in [0.2, 0.25) is 0 Å². The van der Waals surface area contributed by atoms with Gasteiger partial charge in [-0.2, -0.15) is 5.10 Å². The minimum absolute atomic E-state index is 0.0880. The maximum absolute atomic E-state index is 14.1. The van der Waals surface area contributed by atoms with Gasteiger partial charge < -0.3 is 5.32 Å². The number of halogens is 1. The van der Waals surface area contributed by atoms with Crippen LogP contribution in [0.25, 0.3) is 11.0 Å². The number of carbonyl (C=O) groups is 1. The largest absolute Gasteiger partial charge is 0.319 e. The molecule has 152 valence electrons. The monoisotopic (exact) mass is 424 g/mol. The van der Waals surface area contributed by atoms with Crippen LogP contribution in [-0.4, -0.2) is 35.3 Å². The van der Waals surface area contributed by atoms with E-state index >= 15 is 0 Å². The third-order valence-electron chi connectivity index (χ3n) is 4.53. The highest BCUT2D eigenvalue weighted by Crippen LogP contribution is 2.21. The molecule has 0 bridgehead atoms. The van der Waals surface area contributed by atoms with Crippen LogP contribution in [0.4, 0.5) is 10.1 Å². The highest BCUT2D eigenvalue weighted by molar-refractivity contribution is 7.90. The van der Waals surface area contributed by atoms with Gasteiger partial charge in [0.05, 0.1) is 28.9 Å². The Balaban J connectivity index is 1.59. The molecule has 7 nitrogen and oxygen atoms in total. The summed E-state index contributed by atoms with van der Waals surface area (Å²) in [6.07, 6.45) is 3.99. The number of anilines is 1. The van der Waals surface area contributed by atoms with Crippen LogP contribution >= 0.6 is 0 Å². The van der Waals surface area contributed by atoms with Crippen molar-refractivity contribution in [3.8, 4) is 0 Å². The molecule has 0 saturated carbocycles. The average molecular weight is 424 g/mol. The lowest BCUT2D eigenvalue weighted by atomic mass is 10.2. The van der Waals surface area contributed by atoms with Crippen LogP contribution in [-0.2, 0) is 16.4 Å². The number of sulfone groups is 1. The zero-order valence-corrected chi connectivity index (χ0v) is 16.7. The Morgan fingerprint density at radius 1 is 1.10 bits per heavy atom. The van der Waals surface area contributed by atoms with Crippen LogP contribution in [0.2, 0.25) is 0 Å². The SMILES string of the molecule is CS(=O)(=O)c1ccc(F)c(NC(=O)c2cnc3c(cnn3Cc3ccccc3)c2)c1. The molecule has 1 amide bonds. The number of nitrogens with one attached hydrogen (secondary N) is 1. The van der Waals surface area contributed by atoms with Crippen LogP contribution in [0.5, 0.6) is 0 Å². The topological polar surface area (TPSA) is 93.9 Å². The molecule has 0 spiro atoms. The Kier molecular flexibility index (Phi) is 5.04. The average Bonchev–Trinajstić information content (AvgIpc) is 3.11. The molecule has 0 aliphatic carbocycles. The normalized spacial score (nSPS) is 11.5. The third kappa shape index (κ3) is 4.06. The lowest BCUT2D eigenvalue weighted by Crippen LogP contribution is -2.14. The summed E-state index contributed by atoms with van der Waals surface area (Å²) < 4.78 is 39.1. The van der Waals surface area contributed by atoms with E-state index in [1.165, 1.54) is 6.20 Å². The van der Waals surface area contributed by atoms with Crippen molar-refractivity contribution < 1.29 is 17.6 Å². The fraction of sp³-hybridized carbons (Fsp3) is 0.0952. The minimum atomic E-state index is -3.54. The highest BCUT2D eigenvalue weighted by Gasteiger charge is 2.15. The molecule has 0 aliphatic heterocycles. The first-order chi connectivity index (χ1) is 14.3. The van der Waals surface area contributed by atoms with E-state index in [2.05, 4.69) is 15.4 Å². The Morgan fingerprint density at radius 2 is 1.87 bits per heavy atom. The number of fused-ring (bicyclic) bond motifs is 1. The number of benzene rings is 2. The molecule has 0 radical (unpaired) electrons.